The number of esters is 1. The molecule has 0 heterocycles. The Hall–Kier alpha value is -2.22. The van der Waals surface area contributed by atoms with E-state index in [1.807, 2.05) is 0 Å². The van der Waals surface area contributed by atoms with Gasteiger partial charge in [0.15, 0.2) is 0 Å². The maximum atomic E-state index is 11.4. The van der Waals surface area contributed by atoms with Gasteiger partial charge in [-0.1, -0.05) is 0 Å². The van der Waals surface area contributed by atoms with E-state index in [4.69, 9.17) is 11.0 Å². The molecule has 1 rings (SSSR count). The summed E-state index contributed by atoms with van der Waals surface area (Å²) in [6.07, 6.45) is 0. The van der Waals surface area contributed by atoms with Gasteiger partial charge in [0.25, 0.3) is 0 Å². The summed E-state index contributed by atoms with van der Waals surface area (Å²) in [6, 6.07) is 3.01. The van der Waals surface area contributed by atoms with Crippen molar-refractivity contribution in [2.75, 3.05) is 12.8 Å². The van der Waals surface area contributed by atoms with E-state index in [1.165, 1.54) is 20.1 Å². The number of methoxy groups -OCH3 is 1. The first-order valence-corrected chi connectivity index (χ1v) is 4.13. The van der Waals surface area contributed by atoms with Crippen LogP contribution in [0.3, 0.4) is 0 Å². The molecule has 0 spiro atoms. The molecule has 78 valence electrons. The van der Waals surface area contributed by atoms with Crippen LogP contribution in [0.4, 0.5) is 5.69 Å². The van der Waals surface area contributed by atoms with Gasteiger partial charge in [-0.3, -0.25) is 0 Å². The second kappa shape index (κ2) is 3.88. The molecule has 0 atom stereocenters. The summed E-state index contributed by atoms with van der Waals surface area (Å²) in [5.41, 5.74) is 6.03. The second-order valence-corrected chi connectivity index (χ2v) is 2.96. The van der Waals surface area contributed by atoms with Crippen molar-refractivity contribution < 1.29 is 14.6 Å². The van der Waals surface area contributed by atoms with Crippen LogP contribution in [0.15, 0.2) is 6.07 Å². The molecular weight excluding hydrogens is 196 g/mol. The predicted octanol–water partition coefficient (Wildman–Crippen LogP) is 0.941. The number of nitrogens with two attached hydrogens (primary N) is 1. The highest BCUT2D eigenvalue weighted by Gasteiger charge is 2.19. The van der Waals surface area contributed by atoms with E-state index in [-0.39, 0.29) is 22.6 Å². The van der Waals surface area contributed by atoms with E-state index in [1.54, 1.807) is 6.07 Å². The Morgan fingerprint density at radius 2 is 2.27 bits per heavy atom. The predicted molar refractivity (Wildman–Crippen MR) is 53.3 cm³/mol. The fraction of sp³-hybridized carbons (Fsp3) is 0.200. The number of phenols is 1. The standard InChI is InChI=1S/C10H10N2O3/c1-5-7(13)3-6(4-11)9(12)8(5)10(14)15-2/h3,13H,12H2,1-2H3. The number of carbonyl (C=O) groups excluding carboxylic acids is 1. The SMILES string of the molecule is COC(=O)c1c(C)c(O)cc(C#N)c1N. The monoisotopic (exact) mass is 206 g/mol. The van der Waals surface area contributed by atoms with Crippen molar-refractivity contribution in [1.29, 1.82) is 5.26 Å². The van der Waals surface area contributed by atoms with Crippen molar-refractivity contribution in [3.05, 3.63) is 22.8 Å². The molecule has 0 aliphatic rings. The number of rotatable bonds is 1. The number of aromatic hydroxyl groups is 1. The number of phenolic OH excluding ortho intramolecular Hbond substituents is 1. The fourth-order valence-corrected chi connectivity index (χ4v) is 1.25. The van der Waals surface area contributed by atoms with Crippen molar-refractivity contribution in [1.82, 2.24) is 0 Å². The first kappa shape index (κ1) is 10.9. The maximum Gasteiger partial charge on any atom is 0.340 e. The first-order valence-electron chi connectivity index (χ1n) is 4.13. The molecule has 0 fully saturated rings. The molecule has 0 aliphatic carbocycles. The Morgan fingerprint density at radius 1 is 1.67 bits per heavy atom. The average Bonchev–Trinajstić information content (AvgIpc) is 2.23. The zero-order valence-electron chi connectivity index (χ0n) is 8.37. The average molecular weight is 206 g/mol. The highest BCUT2D eigenvalue weighted by Crippen LogP contribution is 2.29. The molecule has 0 aromatic heterocycles. The third-order valence-corrected chi connectivity index (χ3v) is 2.11. The molecule has 0 amide bonds. The van der Waals surface area contributed by atoms with Crippen molar-refractivity contribution in [2.45, 2.75) is 6.92 Å². The third kappa shape index (κ3) is 1.70. The number of hydrogen-bond acceptors (Lipinski definition) is 5. The Morgan fingerprint density at radius 3 is 2.73 bits per heavy atom. The molecular formula is C10H10N2O3. The largest absolute Gasteiger partial charge is 0.508 e. The van der Waals surface area contributed by atoms with Crippen LogP contribution >= 0.6 is 0 Å². The minimum absolute atomic E-state index is 0.0275. The second-order valence-electron chi connectivity index (χ2n) is 2.96. The molecule has 0 bridgehead atoms. The fourth-order valence-electron chi connectivity index (χ4n) is 1.25. The molecule has 1 aromatic rings. The molecule has 15 heavy (non-hydrogen) atoms. The van der Waals surface area contributed by atoms with Crippen LogP contribution in [-0.4, -0.2) is 18.2 Å². The van der Waals surface area contributed by atoms with Crippen LogP contribution < -0.4 is 5.73 Å². The van der Waals surface area contributed by atoms with Gasteiger partial charge in [-0.15, -0.1) is 0 Å². The third-order valence-electron chi connectivity index (χ3n) is 2.11. The molecule has 5 heteroatoms. The Balaban J connectivity index is 3.56. The lowest BCUT2D eigenvalue weighted by Gasteiger charge is -2.10. The van der Waals surface area contributed by atoms with Gasteiger partial charge in [-0.05, 0) is 6.92 Å². The van der Waals surface area contributed by atoms with E-state index >= 15 is 0 Å². The topological polar surface area (TPSA) is 96.3 Å². The van der Waals surface area contributed by atoms with Crippen molar-refractivity contribution in [3.63, 3.8) is 0 Å². The van der Waals surface area contributed by atoms with Crippen LogP contribution in [0.25, 0.3) is 0 Å². The molecule has 0 unspecified atom stereocenters. The van der Waals surface area contributed by atoms with Gasteiger partial charge in [0, 0.05) is 11.6 Å². The van der Waals surface area contributed by atoms with Crippen molar-refractivity contribution in [2.24, 2.45) is 0 Å². The number of nitriles is 1. The van der Waals surface area contributed by atoms with Gasteiger partial charge in [0.2, 0.25) is 0 Å². The number of anilines is 1. The lowest BCUT2D eigenvalue weighted by atomic mass is 10.0. The number of nitrogens with zero attached hydrogens (tertiary/aromatic N) is 1. The maximum absolute atomic E-state index is 11.4. The highest BCUT2D eigenvalue weighted by atomic mass is 16.5. The molecule has 0 aliphatic heterocycles. The van der Waals surface area contributed by atoms with E-state index in [0.717, 1.165) is 0 Å². The van der Waals surface area contributed by atoms with E-state index in [9.17, 15) is 9.90 Å². The zero-order chi connectivity index (χ0) is 11.6. The summed E-state index contributed by atoms with van der Waals surface area (Å²) < 4.78 is 4.51. The molecule has 0 saturated carbocycles. The molecule has 1 aromatic carbocycles. The summed E-state index contributed by atoms with van der Waals surface area (Å²) in [5.74, 6) is -0.821. The molecule has 3 N–H and O–H groups in total. The highest BCUT2D eigenvalue weighted by molar-refractivity contribution is 5.98. The lowest BCUT2D eigenvalue weighted by Crippen LogP contribution is -2.09. The van der Waals surface area contributed by atoms with Crippen LogP contribution in [0.2, 0.25) is 0 Å². The van der Waals surface area contributed by atoms with Gasteiger partial charge in [-0.25, -0.2) is 4.79 Å². The molecule has 0 saturated heterocycles. The quantitative estimate of drug-likeness (QED) is 0.405. The van der Waals surface area contributed by atoms with Crippen LogP contribution in [0.5, 0.6) is 5.75 Å². The smallest absolute Gasteiger partial charge is 0.340 e. The molecule has 0 radical (unpaired) electrons. The number of hydrogen-bond donors (Lipinski definition) is 2. The number of ether oxygens (including phenoxy) is 1. The molecule has 5 nitrogen and oxygen atoms in total. The van der Waals surface area contributed by atoms with Crippen LogP contribution in [0.1, 0.15) is 21.5 Å². The zero-order valence-corrected chi connectivity index (χ0v) is 8.37. The van der Waals surface area contributed by atoms with Crippen LogP contribution in [0, 0.1) is 18.3 Å². The van der Waals surface area contributed by atoms with Gasteiger partial charge < -0.3 is 15.6 Å². The van der Waals surface area contributed by atoms with E-state index < -0.39 is 5.97 Å². The Kier molecular flexibility index (Phi) is 2.81. The van der Waals surface area contributed by atoms with Crippen molar-refractivity contribution >= 4 is 11.7 Å². The van der Waals surface area contributed by atoms with Gasteiger partial charge >= 0.3 is 5.97 Å². The summed E-state index contributed by atoms with van der Waals surface area (Å²) in [6.45, 7) is 1.53. The van der Waals surface area contributed by atoms with Crippen molar-refractivity contribution in [3.8, 4) is 11.8 Å². The van der Waals surface area contributed by atoms with Gasteiger partial charge in [0.1, 0.15) is 11.8 Å². The van der Waals surface area contributed by atoms with Gasteiger partial charge in [-0.2, -0.15) is 5.26 Å². The summed E-state index contributed by atoms with van der Waals surface area (Å²) in [4.78, 5) is 11.4. The van der Waals surface area contributed by atoms with Gasteiger partial charge in [0.05, 0.1) is 23.9 Å². The Bertz CT molecular complexity index is 461. The summed E-state index contributed by atoms with van der Waals surface area (Å²) in [7, 11) is 1.21. The van der Waals surface area contributed by atoms with Crippen LogP contribution in [-0.2, 0) is 4.74 Å². The number of nitrogen functional groups attached to an aromatic ring is 1. The normalized spacial score (nSPS) is 9.40. The first-order chi connectivity index (χ1) is 7.02. The summed E-state index contributed by atoms with van der Waals surface area (Å²) >= 11 is 0. The Labute approximate surface area is 86.7 Å². The minimum atomic E-state index is -0.669. The lowest BCUT2D eigenvalue weighted by molar-refractivity contribution is 0.0600. The minimum Gasteiger partial charge on any atom is -0.508 e. The van der Waals surface area contributed by atoms with E-state index in [0.29, 0.717) is 5.56 Å². The number of carbonyl (C=O) groups is 1. The summed E-state index contributed by atoms with van der Waals surface area (Å²) in [5, 5.41) is 18.2. The van der Waals surface area contributed by atoms with E-state index in [2.05, 4.69) is 4.74 Å². The number of benzene rings is 1.